The summed E-state index contributed by atoms with van der Waals surface area (Å²) in [5.41, 5.74) is 0. The van der Waals surface area contributed by atoms with E-state index >= 15 is 0 Å². The summed E-state index contributed by atoms with van der Waals surface area (Å²) in [5.74, 6) is -1.52. The van der Waals surface area contributed by atoms with E-state index in [1.165, 1.54) is 7.05 Å². The van der Waals surface area contributed by atoms with Crippen LogP contribution >= 0.6 is 11.3 Å². The summed E-state index contributed by atoms with van der Waals surface area (Å²) < 4.78 is 25.7. The second-order valence-corrected chi connectivity index (χ2v) is 8.21. The van der Waals surface area contributed by atoms with Crippen molar-refractivity contribution in [2.45, 2.75) is 30.7 Å². The number of carboxylic acid groups (broad SMARTS) is 1. The van der Waals surface area contributed by atoms with Crippen LogP contribution in [-0.2, 0) is 14.8 Å². The Kier molecular flexibility index (Phi) is 4.35. The Balaban J connectivity index is 2.15. The van der Waals surface area contributed by atoms with Crippen molar-refractivity contribution >= 4 is 33.2 Å². The molecule has 0 radical (unpaired) electrons. The number of sulfonamides is 1. The van der Waals surface area contributed by atoms with Crippen LogP contribution in [0.4, 0.5) is 0 Å². The molecule has 0 aliphatic heterocycles. The predicted molar refractivity (Wildman–Crippen MR) is 77.0 cm³/mol. The van der Waals surface area contributed by atoms with Gasteiger partial charge < -0.3 is 10.4 Å². The summed E-state index contributed by atoms with van der Waals surface area (Å²) in [4.78, 5) is 22.9. The van der Waals surface area contributed by atoms with Gasteiger partial charge in [0, 0.05) is 18.0 Å². The molecule has 0 spiro atoms. The Labute approximate surface area is 126 Å². The van der Waals surface area contributed by atoms with E-state index in [4.69, 9.17) is 5.11 Å². The van der Waals surface area contributed by atoms with Crippen molar-refractivity contribution in [2.75, 3.05) is 13.6 Å². The highest BCUT2D eigenvalue weighted by atomic mass is 32.2. The fourth-order valence-electron chi connectivity index (χ4n) is 1.78. The molecule has 1 saturated carbocycles. The number of hydrogen-bond donors (Lipinski definition) is 2. The van der Waals surface area contributed by atoms with Gasteiger partial charge in [0.25, 0.3) is 0 Å². The Morgan fingerprint density at radius 1 is 1.48 bits per heavy atom. The monoisotopic (exact) mass is 332 g/mol. The van der Waals surface area contributed by atoms with E-state index in [1.807, 2.05) is 0 Å². The van der Waals surface area contributed by atoms with Crippen LogP contribution in [0.25, 0.3) is 0 Å². The van der Waals surface area contributed by atoms with Crippen LogP contribution in [0.2, 0.25) is 0 Å². The second-order valence-electron chi connectivity index (χ2n) is 4.94. The lowest BCUT2D eigenvalue weighted by Gasteiger charge is -2.16. The largest absolute Gasteiger partial charge is 0.477 e. The third-order valence-corrected chi connectivity index (χ3v) is 6.18. The van der Waals surface area contributed by atoms with Crippen molar-refractivity contribution in [3.8, 4) is 0 Å². The summed E-state index contributed by atoms with van der Waals surface area (Å²) >= 11 is 0.900. The first-order valence-electron chi connectivity index (χ1n) is 6.31. The number of thiophene rings is 1. The first-order valence-corrected chi connectivity index (χ1v) is 8.57. The van der Waals surface area contributed by atoms with Gasteiger partial charge in [-0.1, -0.05) is 0 Å². The lowest BCUT2D eigenvalue weighted by atomic mass is 10.4. The van der Waals surface area contributed by atoms with Gasteiger partial charge in [0.1, 0.15) is 4.88 Å². The van der Waals surface area contributed by atoms with Gasteiger partial charge in [-0.3, -0.25) is 4.79 Å². The van der Waals surface area contributed by atoms with E-state index in [9.17, 15) is 18.0 Å². The van der Waals surface area contributed by atoms with Crippen LogP contribution in [0.3, 0.4) is 0 Å². The number of nitrogens with zero attached hydrogens (tertiary/aromatic N) is 1. The topological polar surface area (TPSA) is 104 Å². The maximum Gasteiger partial charge on any atom is 0.345 e. The summed E-state index contributed by atoms with van der Waals surface area (Å²) in [5, 5.41) is 11.6. The Morgan fingerprint density at radius 3 is 2.57 bits per heavy atom. The number of hydrogen-bond acceptors (Lipinski definition) is 5. The number of aromatic carboxylic acids is 1. The lowest BCUT2D eigenvalue weighted by molar-refractivity contribution is -0.121. The van der Waals surface area contributed by atoms with Crippen molar-refractivity contribution in [1.82, 2.24) is 9.62 Å². The van der Waals surface area contributed by atoms with Crippen molar-refractivity contribution < 1.29 is 23.1 Å². The summed E-state index contributed by atoms with van der Waals surface area (Å²) in [6, 6.07) is 1.29. The first-order chi connectivity index (χ1) is 9.71. The SMILES string of the molecule is Cc1sc(C(=O)O)cc1S(=O)(=O)N(C)CC(=O)NC1CC1. The highest BCUT2D eigenvalue weighted by Crippen LogP contribution is 2.27. The lowest BCUT2D eigenvalue weighted by Crippen LogP contribution is -2.39. The number of rotatable bonds is 6. The number of carbonyl (C=O) groups is 2. The first kappa shape index (κ1) is 15.9. The summed E-state index contributed by atoms with van der Waals surface area (Å²) in [6.07, 6.45) is 1.85. The van der Waals surface area contributed by atoms with Crippen molar-refractivity contribution in [3.63, 3.8) is 0 Å². The smallest absolute Gasteiger partial charge is 0.345 e. The average molecular weight is 332 g/mol. The van der Waals surface area contributed by atoms with Crippen LogP contribution in [-0.4, -0.2) is 49.3 Å². The van der Waals surface area contributed by atoms with Crippen LogP contribution < -0.4 is 5.32 Å². The van der Waals surface area contributed by atoms with E-state index < -0.39 is 16.0 Å². The molecule has 7 nitrogen and oxygen atoms in total. The molecule has 1 heterocycles. The van der Waals surface area contributed by atoms with Crippen LogP contribution in [0, 0.1) is 6.92 Å². The van der Waals surface area contributed by atoms with Crippen molar-refractivity contribution in [1.29, 1.82) is 0 Å². The highest BCUT2D eigenvalue weighted by molar-refractivity contribution is 7.89. The maximum atomic E-state index is 12.4. The van der Waals surface area contributed by atoms with Crippen LogP contribution in [0.15, 0.2) is 11.0 Å². The second kappa shape index (κ2) is 5.74. The predicted octanol–water partition coefficient (Wildman–Crippen LogP) is 0.654. The Bertz CT molecular complexity index is 676. The Morgan fingerprint density at radius 2 is 2.10 bits per heavy atom. The van der Waals surface area contributed by atoms with Crippen LogP contribution in [0.1, 0.15) is 27.4 Å². The Hall–Kier alpha value is -1.45. The normalized spacial score (nSPS) is 15.2. The third kappa shape index (κ3) is 3.60. The molecular formula is C12H16N2O5S2. The summed E-state index contributed by atoms with van der Waals surface area (Å²) in [6.45, 7) is 1.26. The molecular weight excluding hydrogens is 316 g/mol. The number of carbonyl (C=O) groups excluding carboxylic acids is 1. The molecule has 0 unspecified atom stereocenters. The van der Waals surface area contributed by atoms with Gasteiger partial charge in [-0.15, -0.1) is 11.3 Å². The minimum atomic E-state index is -3.87. The van der Waals surface area contributed by atoms with E-state index in [-0.39, 0.29) is 28.3 Å². The zero-order chi connectivity index (χ0) is 15.8. The zero-order valence-electron chi connectivity index (χ0n) is 11.6. The molecule has 1 amide bonds. The van der Waals surface area contributed by atoms with Gasteiger partial charge >= 0.3 is 5.97 Å². The van der Waals surface area contributed by atoms with E-state index in [2.05, 4.69) is 5.32 Å². The molecule has 9 heteroatoms. The van der Waals surface area contributed by atoms with Gasteiger partial charge in [-0.25, -0.2) is 13.2 Å². The molecule has 1 aliphatic rings. The minimum Gasteiger partial charge on any atom is -0.477 e. The number of carboxylic acids is 1. The van der Waals surface area contributed by atoms with Gasteiger partial charge in [-0.05, 0) is 25.8 Å². The molecule has 0 aromatic carbocycles. The third-order valence-electron chi connectivity index (χ3n) is 3.08. The van der Waals surface area contributed by atoms with Gasteiger partial charge in [0.15, 0.2) is 0 Å². The molecule has 1 aromatic rings. The fourth-order valence-corrected chi connectivity index (χ4v) is 4.31. The van der Waals surface area contributed by atoms with Crippen LogP contribution in [0.5, 0.6) is 0 Å². The molecule has 2 rings (SSSR count). The molecule has 1 fully saturated rings. The summed E-state index contributed by atoms with van der Waals surface area (Å²) in [7, 11) is -2.57. The maximum absolute atomic E-state index is 12.4. The molecule has 1 aliphatic carbocycles. The van der Waals surface area contributed by atoms with Crippen molar-refractivity contribution in [2.24, 2.45) is 0 Å². The molecule has 116 valence electrons. The minimum absolute atomic E-state index is 0.0399. The number of nitrogens with one attached hydrogen (secondary N) is 1. The molecule has 21 heavy (non-hydrogen) atoms. The molecule has 0 saturated heterocycles. The zero-order valence-corrected chi connectivity index (χ0v) is 13.3. The van der Waals surface area contributed by atoms with Gasteiger partial charge in [0.05, 0.1) is 11.4 Å². The van der Waals surface area contributed by atoms with E-state index in [0.717, 1.165) is 34.6 Å². The molecule has 0 bridgehead atoms. The molecule has 2 N–H and O–H groups in total. The number of aryl methyl sites for hydroxylation is 1. The molecule has 0 atom stereocenters. The number of amides is 1. The van der Waals surface area contributed by atoms with E-state index in [1.54, 1.807) is 6.92 Å². The fraction of sp³-hybridized carbons (Fsp3) is 0.500. The van der Waals surface area contributed by atoms with E-state index in [0.29, 0.717) is 4.88 Å². The number of likely N-dealkylation sites (N-methyl/N-ethyl adjacent to an activating group) is 1. The highest BCUT2D eigenvalue weighted by Gasteiger charge is 2.29. The average Bonchev–Trinajstić information content (AvgIpc) is 3.07. The van der Waals surface area contributed by atoms with Gasteiger partial charge in [-0.2, -0.15) is 4.31 Å². The van der Waals surface area contributed by atoms with Gasteiger partial charge in [0.2, 0.25) is 15.9 Å². The standard InChI is InChI=1S/C12H16N2O5S2/c1-7-10(5-9(20-7)12(16)17)21(18,19)14(2)6-11(15)13-8-3-4-8/h5,8H,3-4,6H2,1-2H3,(H,13,15)(H,16,17). The quantitative estimate of drug-likeness (QED) is 0.796. The van der Waals surface area contributed by atoms with Crippen molar-refractivity contribution in [3.05, 3.63) is 15.8 Å². The molecule has 1 aromatic heterocycles.